The summed E-state index contributed by atoms with van der Waals surface area (Å²) in [5, 5.41) is 18.2. The lowest BCUT2D eigenvalue weighted by molar-refractivity contribution is -0.137. The van der Waals surface area contributed by atoms with Crippen LogP contribution in [0.1, 0.15) is 36.0 Å². The maximum Gasteiger partial charge on any atom is 0.303 e. The molecule has 0 fully saturated rings. The molecule has 0 saturated carbocycles. The normalized spacial score (nSPS) is 12.5. The van der Waals surface area contributed by atoms with Gasteiger partial charge in [-0.15, -0.1) is 0 Å². The quantitative estimate of drug-likeness (QED) is 0.833. The van der Waals surface area contributed by atoms with Crippen LogP contribution in [-0.2, 0) is 4.79 Å². The Labute approximate surface area is 93.5 Å². The first-order valence-corrected chi connectivity index (χ1v) is 5.05. The van der Waals surface area contributed by atoms with Gasteiger partial charge in [-0.1, -0.05) is 13.0 Å². The molecule has 0 heterocycles. The second-order valence-corrected chi connectivity index (χ2v) is 4.07. The molecule has 1 atom stereocenters. The van der Waals surface area contributed by atoms with Gasteiger partial charge in [-0.25, -0.2) is 4.39 Å². The molecule has 0 spiro atoms. The van der Waals surface area contributed by atoms with E-state index < -0.39 is 11.8 Å². The predicted molar refractivity (Wildman–Crippen MR) is 58.2 cm³/mol. The lowest BCUT2D eigenvalue weighted by Crippen LogP contribution is -2.05. The van der Waals surface area contributed by atoms with Gasteiger partial charge >= 0.3 is 5.97 Å². The summed E-state index contributed by atoms with van der Waals surface area (Å²) >= 11 is 0. The van der Waals surface area contributed by atoms with Gasteiger partial charge < -0.3 is 10.2 Å². The van der Waals surface area contributed by atoms with Crippen molar-refractivity contribution in [2.75, 3.05) is 0 Å². The van der Waals surface area contributed by atoms with E-state index in [2.05, 4.69) is 0 Å². The molecule has 0 radical (unpaired) electrons. The van der Waals surface area contributed by atoms with Crippen LogP contribution in [0.25, 0.3) is 0 Å². The van der Waals surface area contributed by atoms with Crippen molar-refractivity contribution < 1.29 is 19.4 Å². The maximum absolute atomic E-state index is 13.3. The summed E-state index contributed by atoms with van der Waals surface area (Å²) < 4.78 is 13.3. The zero-order chi connectivity index (χ0) is 12.5. The third-order valence-corrected chi connectivity index (χ3v) is 2.73. The Balaban J connectivity index is 3.19. The van der Waals surface area contributed by atoms with Gasteiger partial charge in [0.05, 0.1) is 6.42 Å². The zero-order valence-electron chi connectivity index (χ0n) is 9.54. The number of phenolic OH excluding ortho intramolecular Hbond substituents is 1. The van der Waals surface area contributed by atoms with Gasteiger partial charge in [0.2, 0.25) is 0 Å². The van der Waals surface area contributed by atoms with Gasteiger partial charge in [-0.2, -0.15) is 0 Å². The molecule has 2 N–H and O–H groups in total. The summed E-state index contributed by atoms with van der Waals surface area (Å²) in [5.74, 6) is -2.17. The Morgan fingerprint density at radius 3 is 2.56 bits per heavy atom. The molecule has 0 aromatic heterocycles. The van der Waals surface area contributed by atoms with Gasteiger partial charge in [0.25, 0.3) is 0 Å². The number of halogens is 1. The van der Waals surface area contributed by atoms with E-state index >= 15 is 0 Å². The Morgan fingerprint density at radius 2 is 2.06 bits per heavy atom. The number of hydrogen-bond acceptors (Lipinski definition) is 2. The Bertz CT molecular complexity index is 427. The standard InChI is InChI=1S/C12H15FO3/c1-6(5-10(14)15)9-4-7(2)11(13)12(16)8(9)3/h4,6,16H,5H2,1-3H3,(H,14,15). The van der Waals surface area contributed by atoms with Gasteiger partial charge in [-0.3, -0.25) is 4.79 Å². The van der Waals surface area contributed by atoms with Crippen molar-refractivity contribution in [3.8, 4) is 5.75 Å². The molecular formula is C12H15FO3. The van der Waals surface area contributed by atoms with E-state index in [0.29, 0.717) is 16.7 Å². The molecule has 1 unspecified atom stereocenters. The van der Waals surface area contributed by atoms with Crippen molar-refractivity contribution in [3.05, 3.63) is 28.6 Å². The smallest absolute Gasteiger partial charge is 0.303 e. The van der Waals surface area contributed by atoms with Crippen LogP contribution in [0.3, 0.4) is 0 Å². The fourth-order valence-corrected chi connectivity index (χ4v) is 1.78. The summed E-state index contributed by atoms with van der Waals surface area (Å²) in [7, 11) is 0. The van der Waals surface area contributed by atoms with Gasteiger partial charge in [0.1, 0.15) is 0 Å². The highest BCUT2D eigenvalue weighted by Crippen LogP contribution is 2.32. The third-order valence-electron chi connectivity index (χ3n) is 2.73. The summed E-state index contributed by atoms with van der Waals surface area (Å²) in [6, 6.07) is 1.60. The topological polar surface area (TPSA) is 57.5 Å². The molecule has 0 aliphatic rings. The summed E-state index contributed by atoms with van der Waals surface area (Å²) in [6.07, 6.45) is -0.0364. The Kier molecular flexibility index (Phi) is 3.52. The van der Waals surface area contributed by atoms with E-state index in [1.807, 2.05) is 0 Å². The molecule has 1 rings (SSSR count). The van der Waals surface area contributed by atoms with Crippen molar-refractivity contribution in [1.82, 2.24) is 0 Å². The first-order chi connectivity index (χ1) is 7.34. The van der Waals surface area contributed by atoms with Gasteiger partial charge in [-0.05, 0) is 36.5 Å². The number of phenols is 1. The first-order valence-electron chi connectivity index (χ1n) is 5.05. The molecule has 0 amide bonds. The van der Waals surface area contributed by atoms with Crippen molar-refractivity contribution >= 4 is 5.97 Å². The SMILES string of the molecule is Cc1cc(C(C)CC(=O)O)c(C)c(O)c1F. The molecule has 88 valence electrons. The van der Waals surface area contributed by atoms with E-state index in [4.69, 9.17) is 5.11 Å². The maximum atomic E-state index is 13.3. The second-order valence-electron chi connectivity index (χ2n) is 4.07. The van der Waals surface area contributed by atoms with E-state index in [-0.39, 0.29) is 18.1 Å². The number of aliphatic carboxylic acids is 1. The highest BCUT2D eigenvalue weighted by molar-refractivity contribution is 5.68. The molecule has 1 aromatic rings. The lowest BCUT2D eigenvalue weighted by Gasteiger charge is -2.15. The fraction of sp³-hybridized carbons (Fsp3) is 0.417. The van der Waals surface area contributed by atoms with E-state index in [1.165, 1.54) is 0 Å². The van der Waals surface area contributed by atoms with Crippen LogP contribution in [0.15, 0.2) is 6.07 Å². The van der Waals surface area contributed by atoms with Gasteiger partial charge in [0, 0.05) is 0 Å². The molecule has 16 heavy (non-hydrogen) atoms. The minimum Gasteiger partial charge on any atom is -0.505 e. The number of carbonyl (C=O) groups is 1. The Hall–Kier alpha value is -1.58. The molecule has 0 bridgehead atoms. The minimum absolute atomic E-state index is 0.0364. The van der Waals surface area contributed by atoms with Crippen molar-refractivity contribution in [1.29, 1.82) is 0 Å². The van der Waals surface area contributed by atoms with Crippen LogP contribution >= 0.6 is 0 Å². The summed E-state index contributed by atoms with van der Waals surface area (Å²) in [6.45, 7) is 4.88. The van der Waals surface area contributed by atoms with Crippen LogP contribution in [-0.4, -0.2) is 16.2 Å². The largest absolute Gasteiger partial charge is 0.505 e. The van der Waals surface area contributed by atoms with Crippen molar-refractivity contribution in [3.63, 3.8) is 0 Å². The molecule has 1 aromatic carbocycles. The fourth-order valence-electron chi connectivity index (χ4n) is 1.78. The predicted octanol–water partition coefficient (Wildman–Crippen LogP) is 2.73. The average Bonchev–Trinajstić information content (AvgIpc) is 2.19. The van der Waals surface area contributed by atoms with Crippen molar-refractivity contribution in [2.45, 2.75) is 33.1 Å². The van der Waals surface area contributed by atoms with Crippen LogP contribution < -0.4 is 0 Å². The van der Waals surface area contributed by atoms with E-state index in [1.54, 1.807) is 26.8 Å². The third kappa shape index (κ3) is 2.32. The highest BCUT2D eigenvalue weighted by Gasteiger charge is 2.18. The van der Waals surface area contributed by atoms with Crippen LogP contribution in [0.5, 0.6) is 5.75 Å². The number of benzene rings is 1. The number of rotatable bonds is 3. The monoisotopic (exact) mass is 226 g/mol. The molecule has 0 aliphatic heterocycles. The second kappa shape index (κ2) is 4.51. The zero-order valence-corrected chi connectivity index (χ0v) is 9.54. The number of aromatic hydroxyl groups is 1. The number of hydrogen-bond donors (Lipinski definition) is 2. The number of aryl methyl sites for hydroxylation is 1. The van der Waals surface area contributed by atoms with E-state index in [0.717, 1.165) is 0 Å². The van der Waals surface area contributed by atoms with E-state index in [9.17, 15) is 14.3 Å². The average molecular weight is 226 g/mol. The van der Waals surface area contributed by atoms with Crippen LogP contribution in [0, 0.1) is 19.7 Å². The molecular weight excluding hydrogens is 211 g/mol. The first kappa shape index (κ1) is 12.5. The molecule has 3 nitrogen and oxygen atoms in total. The number of carboxylic acids is 1. The molecule has 0 saturated heterocycles. The summed E-state index contributed by atoms with van der Waals surface area (Å²) in [5.41, 5.74) is 1.42. The lowest BCUT2D eigenvalue weighted by atomic mass is 9.91. The Morgan fingerprint density at radius 1 is 1.50 bits per heavy atom. The summed E-state index contributed by atoms with van der Waals surface area (Å²) in [4.78, 5) is 10.6. The van der Waals surface area contributed by atoms with Gasteiger partial charge in [0.15, 0.2) is 11.6 Å². The van der Waals surface area contributed by atoms with Crippen LogP contribution in [0.4, 0.5) is 4.39 Å². The highest BCUT2D eigenvalue weighted by atomic mass is 19.1. The number of carboxylic acid groups (broad SMARTS) is 1. The van der Waals surface area contributed by atoms with Crippen LogP contribution in [0.2, 0.25) is 0 Å². The van der Waals surface area contributed by atoms with Crippen molar-refractivity contribution in [2.24, 2.45) is 0 Å². The molecule has 4 heteroatoms. The minimum atomic E-state index is -0.909. The molecule has 0 aliphatic carbocycles.